The molecular formula is C18H17ClN4O3S. The average Bonchev–Trinajstić information content (AvgIpc) is 3.04. The maximum absolute atomic E-state index is 12.4. The van der Waals surface area contributed by atoms with Crippen LogP contribution >= 0.6 is 22.9 Å². The lowest BCUT2D eigenvalue weighted by Crippen LogP contribution is -2.32. The van der Waals surface area contributed by atoms with Gasteiger partial charge in [-0.3, -0.25) is 19.8 Å². The van der Waals surface area contributed by atoms with Crippen LogP contribution in [0.5, 0.6) is 0 Å². The highest BCUT2D eigenvalue weighted by molar-refractivity contribution is 7.18. The first-order chi connectivity index (χ1) is 12.8. The van der Waals surface area contributed by atoms with Crippen LogP contribution in [0.25, 0.3) is 10.2 Å². The number of likely N-dealkylation sites (N-methyl/N-ethyl adjacent to an activating group) is 1. The van der Waals surface area contributed by atoms with E-state index in [0.717, 1.165) is 15.2 Å². The van der Waals surface area contributed by atoms with Gasteiger partial charge in [0.15, 0.2) is 0 Å². The Bertz CT molecular complexity index is 974. The smallest absolute Gasteiger partial charge is 0.292 e. The van der Waals surface area contributed by atoms with Crippen molar-refractivity contribution in [3.63, 3.8) is 0 Å². The standard InChI is InChI=1S/C18H17ClN4O3S/c1-11(18-21-13-5-3-4-6-16(13)27-18)22(2)10-17(24)20-14-9-12(19)7-8-15(14)23(25)26/h3-9,11H,10H2,1-2H3,(H,20,24)/t11-/m0/s1. The number of nitrogens with one attached hydrogen (secondary N) is 1. The molecule has 0 fully saturated rings. The molecule has 0 saturated carbocycles. The van der Waals surface area contributed by atoms with Gasteiger partial charge in [-0.15, -0.1) is 11.3 Å². The highest BCUT2D eigenvalue weighted by Gasteiger charge is 2.21. The number of hydrogen-bond donors (Lipinski definition) is 1. The number of thiazole rings is 1. The lowest BCUT2D eigenvalue weighted by molar-refractivity contribution is -0.383. The first kappa shape index (κ1) is 19.2. The molecule has 0 aliphatic heterocycles. The Morgan fingerprint density at radius 1 is 1.37 bits per heavy atom. The molecule has 7 nitrogen and oxygen atoms in total. The molecule has 3 rings (SSSR count). The molecule has 0 radical (unpaired) electrons. The number of carbonyl (C=O) groups excluding carboxylic acids is 1. The Hall–Kier alpha value is -2.55. The number of fused-ring (bicyclic) bond motifs is 1. The number of nitrogens with zero attached hydrogens (tertiary/aromatic N) is 3. The summed E-state index contributed by atoms with van der Waals surface area (Å²) in [6, 6.07) is 11.8. The van der Waals surface area contributed by atoms with Gasteiger partial charge < -0.3 is 5.32 Å². The van der Waals surface area contributed by atoms with Gasteiger partial charge in [-0.05, 0) is 38.2 Å². The summed E-state index contributed by atoms with van der Waals surface area (Å²) in [5.41, 5.74) is 0.810. The summed E-state index contributed by atoms with van der Waals surface area (Å²) in [7, 11) is 1.81. The van der Waals surface area contributed by atoms with Crippen molar-refractivity contribution in [3.8, 4) is 0 Å². The van der Waals surface area contributed by atoms with Crippen LogP contribution in [0.3, 0.4) is 0 Å². The van der Waals surface area contributed by atoms with E-state index < -0.39 is 4.92 Å². The van der Waals surface area contributed by atoms with Crippen LogP contribution in [0.4, 0.5) is 11.4 Å². The third-order valence-electron chi connectivity index (χ3n) is 4.15. The highest BCUT2D eigenvalue weighted by Crippen LogP contribution is 2.30. The number of hydrogen-bond acceptors (Lipinski definition) is 6. The van der Waals surface area contributed by atoms with E-state index in [2.05, 4.69) is 10.3 Å². The Morgan fingerprint density at radius 2 is 2.11 bits per heavy atom. The van der Waals surface area contributed by atoms with Crippen molar-refractivity contribution < 1.29 is 9.72 Å². The van der Waals surface area contributed by atoms with Crippen molar-refractivity contribution in [1.29, 1.82) is 0 Å². The zero-order valence-corrected chi connectivity index (χ0v) is 16.3. The summed E-state index contributed by atoms with van der Waals surface area (Å²) in [5, 5.41) is 14.9. The molecule has 0 spiro atoms. The first-order valence-electron chi connectivity index (χ1n) is 8.14. The lowest BCUT2D eigenvalue weighted by Gasteiger charge is -2.22. The number of amides is 1. The van der Waals surface area contributed by atoms with Gasteiger partial charge >= 0.3 is 0 Å². The second-order valence-corrected chi connectivity index (χ2v) is 7.58. The molecule has 1 amide bonds. The zero-order chi connectivity index (χ0) is 19.6. The normalized spacial score (nSPS) is 12.3. The van der Waals surface area contributed by atoms with Gasteiger partial charge in [0.05, 0.1) is 27.7 Å². The van der Waals surface area contributed by atoms with Gasteiger partial charge in [0.1, 0.15) is 10.7 Å². The summed E-state index contributed by atoms with van der Waals surface area (Å²) in [5.74, 6) is -0.365. The first-order valence-corrected chi connectivity index (χ1v) is 9.34. The minimum atomic E-state index is -0.556. The van der Waals surface area contributed by atoms with E-state index in [9.17, 15) is 14.9 Å². The number of benzene rings is 2. The van der Waals surface area contributed by atoms with Crippen molar-refractivity contribution in [2.75, 3.05) is 18.9 Å². The molecule has 0 aliphatic carbocycles. The fraction of sp³-hybridized carbons (Fsp3) is 0.222. The van der Waals surface area contributed by atoms with E-state index in [1.165, 1.54) is 18.2 Å². The number of anilines is 1. The third kappa shape index (κ3) is 4.41. The molecule has 2 aromatic carbocycles. The van der Waals surface area contributed by atoms with Crippen molar-refractivity contribution in [2.45, 2.75) is 13.0 Å². The topological polar surface area (TPSA) is 88.4 Å². The Balaban J connectivity index is 1.70. The Labute approximate surface area is 164 Å². The molecule has 3 aromatic rings. The molecule has 1 atom stereocenters. The molecule has 9 heteroatoms. The fourth-order valence-electron chi connectivity index (χ4n) is 2.58. The molecule has 0 unspecified atom stereocenters. The summed E-state index contributed by atoms with van der Waals surface area (Å²) in [6.07, 6.45) is 0. The fourth-order valence-corrected chi connectivity index (χ4v) is 3.83. The predicted octanol–water partition coefficient (Wildman–Crippen LogP) is 4.49. The van der Waals surface area contributed by atoms with Crippen molar-refractivity contribution in [2.24, 2.45) is 0 Å². The van der Waals surface area contributed by atoms with Gasteiger partial charge in [0, 0.05) is 11.1 Å². The molecule has 0 saturated heterocycles. The summed E-state index contributed by atoms with van der Waals surface area (Å²) in [6.45, 7) is 2.02. The second-order valence-electron chi connectivity index (χ2n) is 6.08. The van der Waals surface area contributed by atoms with Crippen LogP contribution in [0.15, 0.2) is 42.5 Å². The number of nitro groups is 1. The number of halogens is 1. The van der Waals surface area contributed by atoms with Gasteiger partial charge in [-0.25, -0.2) is 4.98 Å². The number of aromatic nitrogens is 1. The van der Waals surface area contributed by atoms with Crippen LogP contribution < -0.4 is 5.32 Å². The Morgan fingerprint density at radius 3 is 2.81 bits per heavy atom. The van der Waals surface area contributed by atoms with Gasteiger partial charge in [-0.2, -0.15) is 0 Å². The largest absolute Gasteiger partial charge is 0.319 e. The van der Waals surface area contributed by atoms with Crippen molar-refractivity contribution >= 4 is 50.4 Å². The van der Waals surface area contributed by atoms with E-state index in [-0.39, 0.29) is 29.9 Å². The molecule has 1 N–H and O–H groups in total. The monoisotopic (exact) mass is 404 g/mol. The number of carbonyl (C=O) groups is 1. The van der Waals surface area contributed by atoms with Crippen LogP contribution in [0.1, 0.15) is 18.0 Å². The van der Waals surface area contributed by atoms with Crippen molar-refractivity contribution in [3.05, 3.63) is 62.6 Å². The Kier molecular flexibility index (Phi) is 5.69. The molecule has 1 aromatic heterocycles. The van der Waals surface area contributed by atoms with Crippen LogP contribution in [-0.4, -0.2) is 34.3 Å². The quantitative estimate of drug-likeness (QED) is 0.483. The van der Waals surface area contributed by atoms with E-state index in [0.29, 0.717) is 5.02 Å². The highest BCUT2D eigenvalue weighted by atomic mass is 35.5. The summed E-state index contributed by atoms with van der Waals surface area (Å²) < 4.78 is 1.09. The van der Waals surface area contributed by atoms with E-state index in [4.69, 9.17) is 11.6 Å². The summed E-state index contributed by atoms with van der Waals surface area (Å²) >= 11 is 7.47. The number of nitro benzene ring substituents is 1. The van der Waals surface area contributed by atoms with Crippen LogP contribution in [0, 0.1) is 10.1 Å². The van der Waals surface area contributed by atoms with E-state index in [1.54, 1.807) is 11.3 Å². The summed E-state index contributed by atoms with van der Waals surface area (Å²) in [4.78, 5) is 29.4. The third-order valence-corrected chi connectivity index (χ3v) is 5.59. The molecule has 0 bridgehead atoms. The van der Waals surface area contributed by atoms with Crippen LogP contribution in [0.2, 0.25) is 5.02 Å². The van der Waals surface area contributed by atoms with Gasteiger partial charge in [0.2, 0.25) is 5.91 Å². The molecule has 27 heavy (non-hydrogen) atoms. The SMILES string of the molecule is C[C@@H](c1nc2ccccc2s1)N(C)CC(=O)Nc1cc(Cl)ccc1[N+](=O)[O-]. The minimum absolute atomic E-state index is 0.0563. The average molecular weight is 405 g/mol. The lowest BCUT2D eigenvalue weighted by atomic mass is 10.2. The second kappa shape index (κ2) is 7.99. The minimum Gasteiger partial charge on any atom is -0.319 e. The maximum Gasteiger partial charge on any atom is 0.292 e. The molecule has 140 valence electrons. The van der Waals surface area contributed by atoms with Crippen molar-refractivity contribution in [1.82, 2.24) is 9.88 Å². The zero-order valence-electron chi connectivity index (χ0n) is 14.7. The molecular weight excluding hydrogens is 388 g/mol. The van der Waals surface area contributed by atoms with Gasteiger partial charge in [-0.1, -0.05) is 23.7 Å². The van der Waals surface area contributed by atoms with E-state index in [1.807, 2.05) is 43.1 Å². The maximum atomic E-state index is 12.4. The number of rotatable bonds is 6. The van der Waals surface area contributed by atoms with Crippen LogP contribution in [-0.2, 0) is 4.79 Å². The number of para-hydroxylation sites is 1. The predicted molar refractivity (Wildman–Crippen MR) is 107 cm³/mol. The van der Waals surface area contributed by atoms with E-state index >= 15 is 0 Å². The molecule has 0 aliphatic rings. The molecule has 1 heterocycles. The van der Waals surface area contributed by atoms with Gasteiger partial charge in [0.25, 0.3) is 5.69 Å².